The van der Waals surface area contributed by atoms with Crippen molar-refractivity contribution in [2.24, 2.45) is 0 Å². The summed E-state index contributed by atoms with van der Waals surface area (Å²) in [4.78, 5) is 15.5. The van der Waals surface area contributed by atoms with Gasteiger partial charge in [-0.15, -0.1) is 0 Å². The molecular weight excluding hydrogens is 625 g/mol. The lowest BCUT2D eigenvalue weighted by Gasteiger charge is -2.12. The van der Waals surface area contributed by atoms with Crippen molar-refractivity contribution in [1.82, 2.24) is 19.5 Å². The first kappa shape index (κ1) is 28.0. The third kappa shape index (κ3) is 4.18. The van der Waals surface area contributed by atoms with Crippen LogP contribution in [0, 0.1) is 0 Å². The van der Waals surface area contributed by atoms with Crippen molar-refractivity contribution >= 4 is 43.7 Å². The monoisotopic (exact) mass is 652 g/mol. The van der Waals surface area contributed by atoms with E-state index in [0.717, 1.165) is 61.8 Å². The molecule has 0 aliphatic heterocycles. The highest BCUT2D eigenvalue weighted by Gasteiger charge is 2.25. The average molecular weight is 653 g/mol. The number of benzene rings is 7. The number of furan rings is 1. The molecule has 1 aliphatic rings. The first-order valence-electron chi connectivity index (χ1n) is 17.3. The molecule has 10 aromatic rings. The highest BCUT2D eigenvalue weighted by atomic mass is 16.3. The van der Waals surface area contributed by atoms with Gasteiger partial charge in [0.1, 0.15) is 5.58 Å². The zero-order valence-corrected chi connectivity index (χ0v) is 27.4. The summed E-state index contributed by atoms with van der Waals surface area (Å²) < 4.78 is 9.12. The van der Waals surface area contributed by atoms with Crippen molar-refractivity contribution in [2.75, 3.05) is 0 Å². The van der Waals surface area contributed by atoms with Gasteiger partial charge < -0.3 is 8.98 Å². The largest absolute Gasteiger partial charge is 0.454 e. The molecule has 0 radical (unpaired) electrons. The summed E-state index contributed by atoms with van der Waals surface area (Å²) in [6.45, 7) is 0. The number of aromatic nitrogens is 4. The molecule has 0 fully saturated rings. The summed E-state index contributed by atoms with van der Waals surface area (Å²) in [7, 11) is 0. The second-order valence-electron chi connectivity index (χ2n) is 13.1. The summed E-state index contributed by atoms with van der Waals surface area (Å²) in [5.74, 6) is 1.92. The van der Waals surface area contributed by atoms with Crippen molar-refractivity contribution < 1.29 is 4.42 Å². The van der Waals surface area contributed by atoms with Crippen molar-refractivity contribution in [3.05, 3.63) is 169 Å². The fourth-order valence-corrected chi connectivity index (χ4v) is 8.08. The van der Waals surface area contributed by atoms with Crippen LogP contribution in [0.1, 0.15) is 11.1 Å². The smallest absolute Gasteiger partial charge is 0.164 e. The van der Waals surface area contributed by atoms with Gasteiger partial charge in [0.05, 0.1) is 16.7 Å². The van der Waals surface area contributed by atoms with E-state index in [-0.39, 0.29) is 0 Å². The molecule has 3 heterocycles. The third-order valence-corrected chi connectivity index (χ3v) is 10.3. The molecule has 7 aromatic carbocycles. The van der Waals surface area contributed by atoms with Gasteiger partial charge in [0.25, 0.3) is 0 Å². The van der Waals surface area contributed by atoms with Gasteiger partial charge in [-0.05, 0) is 52.9 Å². The molecule has 0 unspecified atom stereocenters. The lowest BCUT2D eigenvalue weighted by molar-refractivity contribution is 0.666. The summed E-state index contributed by atoms with van der Waals surface area (Å²) in [6.07, 6.45) is 0.844. The lowest BCUT2D eigenvalue weighted by atomic mass is 10.0. The average Bonchev–Trinajstić information content (AvgIpc) is 3.88. The fourth-order valence-electron chi connectivity index (χ4n) is 8.08. The van der Waals surface area contributed by atoms with E-state index in [4.69, 9.17) is 19.4 Å². The maximum absolute atomic E-state index is 6.80. The third-order valence-electron chi connectivity index (χ3n) is 10.3. The number of para-hydroxylation sites is 3. The van der Waals surface area contributed by atoms with Crippen LogP contribution in [0.3, 0.4) is 0 Å². The SMILES string of the molecule is c1ccc(-c2nc(-c3cccc4c3Cc3ccccc3-4)nc(-c3cccc4oc5c(-n6c7ccccc7c7ccccc76)cccc5c34)n2)cc1. The number of rotatable bonds is 4. The number of hydrogen-bond donors (Lipinski definition) is 0. The Morgan fingerprint density at radius 1 is 0.451 bits per heavy atom. The molecule has 3 aromatic heterocycles. The van der Waals surface area contributed by atoms with Crippen LogP contribution in [0.5, 0.6) is 0 Å². The predicted octanol–water partition coefficient (Wildman–Crippen LogP) is 11.4. The normalized spacial score (nSPS) is 12.2. The molecule has 11 rings (SSSR count). The van der Waals surface area contributed by atoms with Gasteiger partial charge in [-0.25, -0.2) is 15.0 Å². The highest BCUT2D eigenvalue weighted by molar-refractivity contribution is 6.15. The Labute approximate surface area is 293 Å². The Morgan fingerprint density at radius 3 is 1.86 bits per heavy atom. The van der Waals surface area contributed by atoms with Gasteiger partial charge in [-0.1, -0.05) is 133 Å². The topological polar surface area (TPSA) is 56.7 Å². The maximum atomic E-state index is 6.80. The molecule has 51 heavy (non-hydrogen) atoms. The van der Waals surface area contributed by atoms with Crippen LogP contribution in [0.4, 0.5) is 0 Å². The molecule has 1 aliphatic carbocycles. The van der Waals surface area contributed by atoms with Crippen molar-refractivity contribution in [1.29, 1.82) is 0 Å². The van der Waals surface area contributed by atoms with E-state index in [1.807, 2.05) is 30.3 Å². The van der Waals surface area contributed by atoms with Gasteiger partial charge in [0, 0.05) is 38.2 Å². The van der Waals surface area contributed by atoms with Crippen LogP contribution in [-0.2, 0) is 6.42 Å². The molecule has 0 saturated carbocycles. The molecule has 0 N–H and O–H groups in total. The molecule has 0 atom stereocenters. The van der Waals surface area contributed by atoms with Gasteiger partial charge >= 0.3 is 0 Å². The van der Waals surface area contributed by atoms with Gasteiger partial charge in [-0.2, -0.15) is 0 Å². The molecule has 0 spiro atoms. The molecular formula is C46H28N4O. The van der Waals surface area contributed by atoms with Crippen molar-refractivity contribution in [3.8, 4) is 51.0 Å². The Bertz CT molecular complexity index is 2960. The Kier molecular flexibility index (Phi) is 5.95. The first-order chi connectivity index (χ1) is 25.3. The minimum absolute atomic E-state index is 0.613. The van der Waals surface area contributed by atoms with E-state index >= 15 is 0 Å². The maximum Gasteiger partial charge on any atom is 0.164 e. The summed E-state index contributed by atoms with van der Waals surface area (Å²) >= 11 is 0. The van der Waals surface area contributed by atoms with Crippen LogP contribution in [0.25, 0.3) is 94.7 Å². The summed E-state index contributed by atoms with van der Waals surface area (Å²) in [6, 6.07) is 55.0. The number of hydrogen-bond acceptors (Lipinski definition) is 4. The van der Waals surface area contributed by atoms with E-state index in [9.17, 15) is 0 Å². The predicted molar refractivity (Wildman–Crippen MR) is 206 cm³/mol. The Morgan fingerprint density at radius 2 is 1.04 bits per heavy atom. The standard InChI is InChI=1S/C46H28N4O/c1-2-13-28(14-3-1)44-47-45(34-20-10-19-31-30-16-5-4-15-29(30)27-37(31)34)49-46(48-44)36-22-12-26-41-42(36)35-21-11-25-40(43(35)51-41)50-38-23-8-6-17-32(38)33-18-7-9-24-39(33)50/h1-26H,27H2. The van der Waals surface area contributed by atoms with Gasteiger partial charge in [0.2, 0.25) is 0 Å². The minimum Gasteiger partial charge on any atom is -0.454 e. The van der Waals surface area contributed by atoms with Crippen LogP contribution >= 0.6 is 0 Å². The van der Waals surface area contributed by atoms with Crippen LogP contribution in [0.15, 0.2) is 162 Å². The van der Waals surface area contributed by atoms with Gasteiger partial charge in [-0.3, -0.25) is 0 Å². The highest BCUT2D eigenvalue weighted by Crippen LogP contribution is 2.43. The van der Waals surface area contributed by atoms with Gasteiger partial charge in [0.15, 0.2) is 23.1 Å². The number of fused-ring (bicyclic) bond motifs is 9. The van der Waals surface area contributed by atoms with Crippen LogP contribution in [0.2, 0.25) is 0 Å². The lowest BCUT2D eigenvalue weighted by Crippen LogP contribution is -2.02. The molecule has 0 amide bonds. The van der Waals surface area contributed by atoms with E-state index < -0.39 is 0 Å². The molecule has 0 bridgehead atoms. The van der Waals surface area contributed by atoms with E-state index in [1.165, 1.54) is 33.0 Å². The first-order valence-corrected chi connectivity index (χ1v) is 17.3. The van der Waals surface area contributed by atoms with E-state index in [0.29, 0.717) is 17.5 Å². The van der Waals surface area contributed by atoms with Crippen LogP contribution in [-0.4, -0.2) is 19.5 Å². The van der Waals surface area contributed by atoms with Crippen molar-refractivity contribution in [3.63, 3.8) is 0 Å². The fraction of sp³-hybridized carbons (Fsp3) is 0.0217. The van der Waals surface area contributed by atoms with Crippen molar-refractivity contribution in [2.45, 2.75) is 6.42 Å². The second kappa shape index (κ2) is 10.8. The minimum atomic E-state index is 0.613. The van der Waals surface area contributed by atoms with E-state index in [2.05, 4.69) is 132 Å². The zero-order chi connectivity index (χ0) is 33.5. The Hall–Kier alpha value is -6.85. The Balaban J connectivity index is 1.16. The molecule has 5 heteroatoms. The summed E-state index contributed by atoms with van der Waals surface area (Å²) in [5, 5.41) is 4.42. The second-order valence-corrected chi connectivity index (χ2v) is 13.1. The zero-order valence-electron chi connectivity index (χ0n) is 27.4. The summed E-state index contributed by atoms with van der Waals surface area (Å²) in [5.41, 5.74) is 12.8. The molecule has 238 valence electrons. The molecule has 5 nitrogen and oxygen atoms in total. The van der Waals surface area contributed by atoms with Crippen LogP contribution < -0.4 is 0 Å². The molecule has 0 saturated heterocycles. The quantitative estimate of drug-likeness (QED) is 0.190. The number of nitrogens with zero attached hydrogens (tertiary/aromatic N) is 4. The van der Waals surface area contributed by atoms with E-state index in [1.54, 1.807) is 0 Å².